The maximum Gasteiger partial charge on any atom is 0.280 e. The molecular weight excluding hydrogens is 467 g/mol. The molecule has 0 aliphatic carbocycles. The van der Waals surface area contributed by atoms with Crippen molar-refractivity contribution in [2.45, 2.75) is 18.5 Å². The summed E-state index contributed by atoms with van der Waals surface area (Å²) in [6.45, 7) is 0. The molecule has 2 aromatic heterocycles. The van der Waals surface area contributed by atoms with Crippen LogP contribution >= 0.6 is 22.9 Å². The molecule has 164 valence electrons. The van der Waals surface area contributed by atoms with Crippen molar-refractivity contribution in [1.29, 1.82) is 0 Å². The number of amides is 1. The van der Waals surface area contributed by atoms with Crippen molar-refractivity contribution < 1.29 is 17.6 Å². The van der Waals surface area contributed by atoms with Crippen LogP contribution in [0, 0.1) is 5.82 Å². The number of likely N-dealkylation sites (N-methyl/N-ethyl adjacent to an activating group) is 1. The Morgan fingerprint density at radius 1 is 1.35 bits per heavy atom. The van der Waals surface area contributed by atoms with Gasteiger partial charge in [0.2, 0.25) is 5.91 Å². The Morgan fingerprint density at radius 2 is 2.13 bits per heavy atom. The number of carbonyl (C=O) groups is 1. The average molecular weight is 485 g/mol. The molecule has 0 saturated carbocycles. The Balaban J connectivity index is 1.58. The Kier molecular flexibility index (Phi) is 5.83. The quantitative estimate of drug-likeness (QED) is 0.591. The lowest BCUT2D eigenvalue weighted by molar-refractivity contribution is -0.120. The van der Waals surface area contributed by atoms with Crippen molar-refractivity contribution >= 4 is 44.7 Å². The summed E-state index contributed by atoms with van der Waals surface area (Å²) in [4.78, 5) is 13.6. The molecule has 31 heavy (non-hydrogen) atoms. The molecule has 4 rings (SSSR count). The monoisotopic (exact) mass is 484 g/mol. The smallest absolute Gasteiger partial charge is 0.280 e. The fourth-order valence-corrected chi connectivity index (χ4v) is 5.77. The van der Waals surface area contributed by atoms with Crippen molar-refractivity contribution in [2.75, 3.05) is 12.4 Å². The van der Waals surface area contributed by atoms with Gasteiger partial charge >= 0.3 is 0 Å². The van der Waals surface area contributed by atoms with E-state index in [0.29, 0.717) is 5.82 Å². The molecule has 1 aromatic carbocycles. The molecule has 0 unspecified atom stereocenters. The van der Waals surface area contributed by atoms with Crippen molar-refractivity contribution in [3.8, 4) is 11.4 Å². The van der Waals surface area contributed by atoms with E-state index in [0.717, 1.165) is 20.8 Å². The first kappa shape index (κ1) is 21.8. The van der Waals surface area contributed by atoms with Crippen LogP contribution in [-0.2, 0) is 22.1 Å². The number of anilines is 1. The molecule has 2 N–H and O–H groups in total. The van der Waals surface area contributed by atoms with Gasteiger partial charge in [-0.15, -0.1) is 21.5 Å². The molecule has 1 amide bonds. The molecule has 1 fully saturated rings. The Morgan fingerprint density at radius 3 is 2.81 bits per heavy atom. The van der Waals surface area contributed by atoms with Crippen LogP contribution in [-0.4, -0.2) is 46.5 Å². The minimum absolute atomic E-state index is 0.142. The van der Waals surface area contributed by atoms with Gasteiger partial charge in [0.15, 0.2) is 5.82 Å². The van der Waals surface area contributed by atoms with Gasteiger partial charge < -0.3 is 9.88 Å². The van der Waals surface area contributed by atoms with Gasteiger partial charge in [-0.3, -0.25) is 4.79 Å². The molecule has 1 aliphatic heterocycles. The molecule has 13 heteroatoms. The number of nitrogens with one attached hydrogen (secondary N) is 2. The highest BCUT2D eigenvalue weighted by Gasteiger charge is 2.41. The zero-order valence-corrected chi connectivity index (χ0v) is 18.8. The highest BCUT2D eigenvalue weighted by atomic mass is 35.5. The Labute approximate surface area is 187 Å². The molecule has 0 spiro atoms. The van der Waals surface area contributed by atoms with Crippen LogP contribution in [0.25, 0.3) is 11.4 Å². The zero-order valence-electron chi connectivity index (χ0n) is 16.4. The Bertz CT molecular complexity index is 1240. The van der Waals surface area contributed by atoms with Crippen LogP contribution in [0.3, 0.4) is 0 Å². The van der Waals surface area contributed by atoms with Crippen molar-refractivity contribution in [3.63, 3.8) is 0 Å². The third-order valence-corrected chi connectivity index (χ3v) is 7.92. The summed E-state index contributed by atoms with van der Waals surface area (Å²) in [5.41, 5.74) is 1.08. The lowest BCUT2D eigenvalue weighted by atomic mass is 10.0. The molecule has 3 aromatic rings. The van der Waals surface area contributed by atoms with Crippen molar-refractivity contribution in [1.82, 2.24) is 23.8 Å². The topological polar surface area (TPSA) is 109 Å². The molecule has 2 atom stereocenters. The average Bonchev–Trinajstić information content (AvgIpc) is 3.35. The summed E-state index contributed by atoms with van der Waals surface area (Å²) in [6.07, 6.45) is 1.78. The molecule has 0 radical (unpaired) electrons. The predicted molar refractivity (Wildman–Crippen MR) is 115 cm³/mol. The van der Waals surface area contributed by atoms with E-state index in [1.54, 1.807) is 10.9 Å². The fourth-order valence-electron chi connectivity index (χ4n) is 3.29. The summed E-state index contributed by atoms with van der Waals surface area (Å²) in [6, 6.07) is 4.03. The highest BCUT2D eigenvalue weighted by molar-refractivity contribution is 7.87. The maximum absolute atomic E-state index is 13.4. The summed E-state index contributed by atoms with van der Waals surface area (Å²) in [7, 11) is -0.757. The van der Waals surface area contributed by atoms with E-state index < -0.39 is 34.0 Å². The van der Waals surface area contributed by atoms with E-state index in [1.807, 2.05) is 18.5 Å². The lowest BCUT2D eigenvalue weighted by Crippen LogP contribution is -2.55. The lowest BCUT2D eigenvalue weighted by Gasteiger charge is -2.35. The summed E-state index contributed by atoms with van der Waals surface area (Å²) in [5, 5.41) is 12.2. The normalized spacial score (nSPS) is 21.2. The molecule has 1 aliphatic rings. The first-order valence-corrected chi connectivity index (χ1v) is 11.8. The van der Waals surface area contributed by atoms with Gasteiger partial charge in [0.25, 0.3) is 10.2 Å². The third kappa shape index (κ3) is 4.34. The zero-order chi connectivity index (χ0) is 22.3. The molecule has 1 saturated heterocycles. The second-order valence-electron chi connectivity index (χ2n) is 7.06. The number of hydrogen-bond donors (Lipinski definition) is 2. The van der Waals surface area contributed by atoms with E-state index in [4.69, 9.17) is 11.6 Å². The summed E-state index contributed by atoms with van der Waals surface area (Å²) < 4.78 is 44.1. The third-order valence-electron chi connectivity index (χ3n) is 4.99. The second-order valence-corrected chi connectivity index (χ2v) is 10.2. The highest BCUT2D eigenvalue weighted by Crippen LogP contribution is 2.34. The molecule has 9 nitrogen and oxygen atoms in total. The summed E-state index contributed by atoms with van der Waals surface area (Å²) in [5.74, 6) is -0.496. The number of aryl methyl sites for hydroxylation is 1. The van der Waals surface area contributed by atoms with Gasteiger partial charge in [0, 0.05) is 35.6 Å². The van der Waals surface area contributed by atoms with E-state index in [1.165, 1.54) is 30.5 Å². The second kappa shape index (κ2) is 8.28. The predicted octanol–water partition coefficient (Wildman–Crippen LogP) is 2.55. The SMILES string of the molecule is CN1[C@@H](C(=O)Nc2ccc(F)c(Cl)c2)C[C@@H](c2cc(-c3nncn3C)cs2)NS1(=O)=O. The van der Waals surface area contributed by atoms with Gasteiger partial charge in [-0.25, -0.2) is 4.39 Å². The minimum atomic E-state index is -3.90. The van der Waals surface area contributed by atoms with Crippen LogP contribution in [0.5, 0.6) is 0 Å². The summed E-state index contributed by atoms with van der Waals surface area (Å²) >= 11 is 7.13. The molecule has 3 heterocycles. The van der Waals surface area contributed by atoms with Crippen LogP contribution in [0.2, 0.25) is 5.02 Å². The number of carbonyl (C=O) groups excluding carboxylic acids is 1. The van der Waals surface area contributed by atoms with Gasteiger partial charge in [-0.1, -0.05) is 11.6 Å². The van der Waals surface area contributed by atoms with Crippen LogP contribution in [0.15, 0.2) is 36.0 Å². The maximum atomic E-state index is 13.4. The van der Waals surface area contributed by atoms with E-state index >= 15 is 0 Å². The number of hydrogen-bond acceptors (Lipinski definition) is 6. The number of rotatable bonds is 4. The number of thiophene rings is 1. The van der Waals surface area contributed by atoms with Crippen LogP contribution in [0.4, 0.5) is 10.1 Å². The van der Waals surface area contributed by atoms with Crippen LogP contribution in [0.1, 0.15) is 17.3 Å². The fraction of sp³-hybridized carbons (Fsp3) is 0.278. The van der Waals surface area contributed by atoms with Crippen LogP contribution < -0.4 is 10.0 Å². The standard InChI is InChI=1S/C18H18ClFN6O3S2/c1-25-9-21-23-17(25)10-5-16(30-8-10)14-7-15(26(2)31(28,29)24-14)18(27)22-11-3-4-13(20)12(19)6-11/h3-6,8-9,14-15,24H,7H2,1-2H3,(H,22,27)/t14-,15+/m0/s1. The van der Waals surface area contributed by atoms with E-state index in [2.05, 4.69) is 20.2 Å². The van der Waals surface area contributed by atoms with E-state index in [9.17, 15) is 17.6 Å². The number of halogens is 2. The first-order chi connectivity index (χ1) is 14.7. The molecular formula is C18H18ClFN6O3S2. The van der Waals surface area contributed by atoms with Gasteiger partial charge in [0.05, 0.1) is 11.1 Å². The van der Waals surface area contributed by atoms with Gasteiger partial charge in [-0.2, -0.15) is 17.4 Å². The van der Waals surface area contributed by atoms with Crippen molar-refractivity contribution in [2.24, 2.45) is 7.05 Å². The minimum Gasteiger partial charge on any atom is -0.325 e. The molecule has 0 bridgehead atoms. The first-order valence-electron chi connectivity index (χ1n) is 9.09. The van der Waals surface area contributed by atoms with Gasteiger partial charge in [-0.05, 0) is 30.7 Å². The Hall–Kier alpha value is -2.38. The number of nitrogens with zero attached hydrogens (tertiary/aromatic N) is 4. The van der Waals surface area contributed by atoms with Crippen molar-refractivity contribution in [3.05, 3.63) is 51.7 Å². The number of benzene rings is 1. The largest absolute Gasteiger partial charge is 0.325 e. The van der Waals surface area contributed by atoms with E-state index in [-0.39, 0.29) is 17.1 Å². The number of aromatic nitrogens is 3. The van der Waals surface area contributed by atoms with Gasteiger partial charge in [0.1, 0.15) is 18.2 Å².